The second kappa shape index (κ2) is 4.70. The highest BCUT2D eigenvalue weighted by molar-refractivity contribution is 6.24. The maximum Gasteiger partial charge on any atom is 0.344 e. The van der Waals surface area contributed by atoms with Crippen molar-refractivity contribution < 1.29 is 8.83 Å². The summed E-state index contributed by atoms with van der Waals surface area (Å²) in [6.45, 7) is 0. The molecule has 0 aliphatic heterocycles. The van der Waals surface area contributed by atoms with E-state index in [1.54, 1.807) is 30.3 Å². The molecule has 0 atom stereocenters. The average molecular weight is 328 g/mol. The van der Waals surface area contributed by atoms with E-state index < -0.39 is 5.63 Å². The number of anilines is 1. The van der Waals surface area contributed by atoms with Gasteiger partial charge in [0.15, 0.2) is 0 Å². The molecule has 3 aromatic carbocycles. The normalized spacial score (nSPS) is 11.7. The summed E-state index contributed by atoms with van der Waals surface area (Å²) in [7, 11) is 0. The number of nitrogen functional groups attached to an aromatic ring is 1. The lowest BCUT2D eigenvalue weighted by Crippen LogP contribution is -1.98. The van der Waals surface area contributed by atoms with Gasteiger partial charge in [0, 0.05) is 34.7 Å². The maximum atomic E-state index is 12.6. The van der Waals surface area contributed by atoms with Crippen LogP contribution in [0.1, 0.15) is 0 Å². The van der Waals surface area contributed by atoms with Crippen molar-refractivity contribution >= 4 is 49.4 Å². The molecule has 120 valence electrons. The van der Waals surface area contributed by atoms with E-state index in [0.717, 1.165) is 16.2 Å². The molecule has 3 N–H and O–H groups in total. The van der Waals surface area contributed by atoms with Gasteiger partial charge in [-0.1, -0.05) is 18.2 Å². The lowest BCUT2D eigenvalue weighted by molar-refractivity contribution is 0.570. The van der Waals surface area contributed by atoms with Gasteiger partial charge < -0.3 is 20.0 Å². The van der Waals surface area contributed by atoms with Crippen LogP contribution in [0.25, 0.3) is 43.7 Å². The molecule has 0 bridgehead atoms. The number of benzene rings is 3. The number of hydrogen-bond donors (Lipinski definition) is 2. The fourth-order valence-corrected chi connectivity index (χ4v) is 3.39. The highest BCUT2D eigenvalue weighted by atomic mass is 16.4. The Kier molecular flexibility index (Phi) is 2.60. The van der Waals surface area contributed by atoms with E-state index in [1.165, 1.54) is 6.07 Å². The van der Waals surface area contributed by atoms with Crippen molar-refractivity contribution in [1.82, 2.24) is 0 Å². The predicted molar refractivity (Wildman–Crippen MR) is 97.5 cm³/mol. The van der Waals surface area contributed by atoms with Gasteiger partial charge in [-0.2, -0.15) is 0 Å². The van der Waals surface area contributed by atoms with Crippen LogP contribution in [0, 0.1) is 5.41 Å². The molecular weight excluding hydrogens is 316 g/mol. The minimum absolute atomic E-state index is 0.208. The molecule has 5 aromatic rings. The predicted octanol–water partition coefficient (Wildman–Crippen LogP) is 3.91. The Hall–Kier alpha value is -3.60. The Balaban J connectivity index is 2.31. The Labute approximate surface area is 140 Å². The highest BCUT2D eigenvalue weighted by Crippen LogP contribution is 2.36. The standard InChI is InChI=1S/C20H12N2O3/c21-10-5-6-14-15(7-10)24-16-8-11(22)9-17-19(16)18(14)12-3-1-2-4-13(12)20(23)25-17/h1-9,22H,21H2. The Morgan fingerprint density at radius 3 is 2.28 bits per heavy atom. The molecule has 5 heteroatoms. The lowest BCUT2D eigenvalue weighted by atomic mass is 10.0. The van der Waals surface area contributed by atoms with Crippen molar-refractivity contribution in [3.05, 3.63) is 70.4 Å². The van der Waals surface area contributed by atoms with Gasteiger partial charge in [-0.15, -0.1) is 0 Å². The fraction of sp³-hybridized carbons (Fsp3) is 0. The third-order valence-electron chi connectivity index (χ3n) is 4.43. The van der Waals surface area contributed by atoms with Crippen molar-refractivity contribution in [2.75, 3.05) is 5.73 Å². The van der Waals surface area contributed by atoms with Crippen molar-refractivity contribution in [3.8, 4) is 0 Å². The van der Waals surface area contributed by atoms with Crippen molar-refractivity contribution in [1.29, 1.82) is 5.41 Å². The van der Waals surface area contributed by atoms with Crippen LogP contribution in [0.15, 0.2) is 68.2 Å². The van der Waals surface area contributed by atoms with Gasteiger partial charge >= 0.3 is 5.63 Å². The van der Waals surface area contributed by atoms with Crippen molar-refractivity contribution in [3.63, 3.8) is 0 Å². The molecule has 25 heavy (non-hydrogen) atoms. The number of hydrogen-bond acceptors (Lipinski definition) is 5. The van der Waals surface area contributed by atoms with Crippen LogP contribution in [0.3, 0.4) is 0 Å². The van der Waals surface area contributed by atoms with E-state index in [1.807, 2.05) is 18.2 Å². The zero-order chi connectivity index (χ0) is 17.1. The average Bonchev–Trinajstić information content (AvgIpc) is 2.71. The number of nitrogens with one attached hydrogen (secondary N) is 1. The fourth-order valence-electron chi connectivity index (χ4n) is 3.39. The minimum Gasteiger partial charge on any atom is -0.456 e. The highest BCUT2D eigenvalue weighted by Gasteiger charge is 2.15. The molecular formula is C20H12N2O3. The van der Waals surface area contributed by atoms with E-state index in [9.17, 15) is 4.79 Å². The Bertz CT molecular complexity index is 1440. The van der Waals surface area contributed by atoms with Crippen LogP contribution >= 0.6 is 0 Å². The first kappa shape index (κ1) is 13.8. The summed E-state index contributed by atoms with van der Waals surface area (Å²) in [6.07, 6.45) is 0. The van der Waals surface area contributed by atoms with Crippen LogP contribution in [0.2, 0.25) is 0 Å². The van der Waals surface area contributed by atoms with Gasteiger partial charge in [0.1, 0.15) is 16.7 Å². The van der Waals surface area contributed by atoms with E-state index in [2.05, 4.69) is 0 Å². The largest absolute Gasteiger partial charge is 0.456 e. The van der Waals surface area contributed by atoms with Crippen LogP contribution in [-0.4, -0.2) is 0 Å². The summed E-state index contributed by atoms with van der Waals surface area (Å²) < 4.78 is 11.5. The first-order valence-electron chi connectivity index (χ1n) is 7.78. The summed E-state index contributed by atoms with van der Waals surface area (Å²) in [6, 6.07) is 15.9. The van der Waals surface area contributed by atoms with Crippen LogP contribution in [0.4, 0.5) is 5.69 Å². The van der Waals surface area contributed by atoms with Gasteiger partial charge in [0.05, 0.1) is 16.1 Å². The molecule has 0 saturated carbocycles. The second-order valence-corrected chi connectivity index (χ2v) is 6.02. The van der Waals surface area contributed by atoms with Crippen molar-refractivity contribution in [2.24, 2.45) is 0 Å². The molecule has 0 aliphatic rings. The first-order chi connectivity index (χ1) is 12.1. The maximum absolute atomic E-state index is 12.6. The van der Waals surface area contributed by atoms with E-state index in [4.69, 9.17) is 20.0 Å². The van der Waals surface area contributed by atoms with Gasteiger partial charge in [-0.05, 0) is 23.6 Å². The molecule has 0 fully saturated rings. The topological polar surface area (TPSA) is 93.2 Å². The van der Waals surface area contributed by atoms with Gasteiger partial charge in [-0.25, -0.2) is 4.79 Å². The lowest BCUT2D eigenvalue weighted by Gasteiger charge is -2.07. The quantitative estimate of drug-likeness (QED) is 0.333. The van der Waals surface area contributed by atoms with Gasteiger partial charge in [0.2, 0.25) is 0 Å². The summed E-state index contributed by atoms with van der Waals surface area (Å²) in [5.41, 5.74) is 7.47. The molecule has 5 nitrogen and oxygen atoms in total. The number of fused-ring (bicyclic) bond motifs is 4. The van der Waals surface area contributed by atoms with Gasteiger partial charge in [0.25, 0.3) is 0 Å². The monoisotopic (exact) mass is 328 g/mol. The second-order valence-electron chi connectivity index (χ2n) is 6.02. The van der Waals surface area contributed by atoms with Gasteiger partial charge in [-0.3, -0.25) is 0 Å². The molecule has 2 aromatic heterocycles. The zero-order valence-electron chi connectivity index (χ0n) is 13.0. The van der Waals surface area contributed by atoms with Crippen LogP contribution < -0.4 is 16.7 Å². The first-order valence-corrected chi connectivity index (χ1v) is 7.78. The zero-order valence-corrected chi connectivity index (χ0v) is 13.0. The summed E-state index contributed by atoms with van der Waals surface area (Å²) in [5.74, 6) is 0. The molecule has 0 saturated heterocycles. The summed E-state index contributed by atoms with van der Waals surface area (Å²) in [5, 5.41) is 11.8. The third-order valence-corrected chi connectivity index (χ3v) is 4.43. The molecule has 0 aliphatic carbocycles. The van der Waals surface area contributed by atoms with E-state index in [-0.39, 0.29) is 5.36 Å². The molecule has 2 heterocycles. The van der Waals surface area contributed by atoms with E-state index in [0.29, 0.717) is 33.2 Å². The van der Waals surface area contributed by atoms with Crippen LogP contribution in [0.5, 0.6) is 0 Å². The van der Waals surface area contributed by atoms with Crippen molar-refractivity contribution in [2.45, 2.75) is 0 Å². The SMILES string of the molecule is N=c1cc2oc(=O)c3ccccc3c3c4ccc(N)cc4oc(c1)c23. The van der Waals surface area contributed by atoms with E-state index >= 15 is 0 Å². The molecule has 0 unspecified atom stereocenters. The summed E-state index contributed by atoms with van der Waals surface area (Å²) in [4.78, 5) is 12.6. The summed E-state index contributed by atoms with van der Waals surface area (Å²) >= 11 is 0. The number of nitrogens with two attached hydrogens (primary N) is 1. The number of rotatable bonds is 0. The smallest absolute Gasteiger partial charge is 0.344 e. The molecule has 5 rings (SSSR count). The molecule has 0 amide bonds. The molecule has 0 spiro atoms. The van der Waals surface area contributed by atoms with Crippen LogP contribution in [-0.2, 0) is 0 Å². The minimum atomic E-state index is -0.442. The Morgan fingerprint density at radius 1 is 0.760 bits per heavy atom. The Morgan fingerprint density at radius 2 is 1.48 bits per heavy atom. The molecule has 0 radical (unpaired) electrons. The third kappa shape index (κ3) is 1.89.